The van der Waals surface area contributed by atoms with E-state index in [1.54, 1.807) is 0 Å². The van der Waals surface area contributed by atoms with Crippen LogP contribution in [-0.2, 0) is 11.2 Å². The first-order valence-corrected chi connectivity index (χ1v) is 7.94. The minimum Gasteiger partial charge on any atom is -0.481 e. The molecule has 1 aromatic heterocycles. The Bertz CT molecular complexity index is 482. The van der Waals surface area contributed by atoms with E-state index in [1.165, 1.54) is 19.3 Å². The highest BCUT2D eigenvalue weighted by atomic mass is 16.5. The Kier molecular flexibility index (Phi) is 5.01. The fourth-order valence-corrected chi connectivity index (χ4v) is 3.28. The lowest BCUT2D eigenvalue weighted by atomic mass is 9.80. The zero-order valence-corrected chi connectivity index (χ0v) is 13.3. The molecule has 0 amide bonds. The molecule has 1 aliphatic rings. The van der Waals surface area contributed by atoms with E-state index in [9.17, 15) is 4.79 Å². The van der Waals surface area contributed by atoms with Crippen molar-refractivity contribution in [1.29, 1.82) is 0 Å². The molecule has 1 aromatic rings. The smallest absolute Gasteiger partial charge is 0.303 e. The van der Waals surface area contributed by atoms with Crippen LogP contribution in [0.3, 0.4) is 0 Å². The van der Waals surface area contributed by atoms with Gasteiger partial charge in [-0.15, -0.1) is 0 Å². The van der Waals surface area contributed by atoms with Crippen molar-refractivity contribution in [1.82, 2.24) is 10.1 Å². The summed E-state index contributed by atoms with van der Waals surface area (Å²) in [5, 5.41) is 13.1. The Labute approximate surface area is 126 Å². The molecule has 5 nitrogen and oxygen atoms in total. The number of carboxylic acid groups (broad SMARTS) is 1. The molecule has 2 atom stereocenters. The van der Waals surface area contributed by atoms with Crippen LogP contribution in [0.25, 0.3) is 0 Å². The van der Waals surface area contributed by atoms with Gasteiger partial charge in [0.2, 0.25) is 5.89 Å². The first-order valence-electron chi connectivity index (χ1n) is 7.94. The van der Waals surface area contributed by atoms with E-state index in [2.05, 4.69) is 17.1 Å². The van der Waals surface area contributed by atoms with Gasteiger partial charge in [-0.05, 0) is 24.2 Å². The topological polar surface area (TPSA) is 76.2 Å². The summed E-state index contributed by atoms with van der Waals surface area (Å²) in [6.07, 6.45) is 6.65. The van der Waals surface area contributed by atoms with Gasteiger partial charge < -0.3 is 9.63 Å². The maximum Gasteiger partial charge on any atom is 0.303 e. The number of hydrogen-bond donors (Lipinski definition) is 1. The van der Waals surface area contributed by atoms with Crippen LogP contribution in [0.1, 0.15) is 76.9 Å². The van der Waals surface area contributed by atoms with Crippen LogP contribution < -0.4 is 0 Å². The predicted octanol–water partition coefficient (Wildman–Crippen LogP) is 3.80. The summed E-state index contributed by atoms with van der Waals surface area (Å²) < 4.78 is 5.35. The molecule has 0 radical (unpaired) electrons. The molecule has 0 saturated heterocycles. The fraction of sp³-hybridized carbons (Fsp3) is 0.812. The van der Waals surface area contributed by atoms with Crippen LogP contribution in [0.2, 0.25) is 0 Å². The number of hydrogen-bond acceptors (Lipinski definition) is 4. The summed E-state index contributed by atoms with van der Waals surface area (Å²) in [4.78, 5) is 15.4. The lowest BCUT2D eigenvalue weighted by Crippen LogP contribution is -2.20. The van der Waals surface area contributed by atoms with Crippen LogP contribution >= 0.6 is 0 Å². The van der Waals surface area contributed by atoms with Gasteiger partial charge in [-0.25, -0.2) is 0 Å². The summed E-state index contributed by atoms with van der Waals surface area (Å²) in [6.45, 7) is 6.07. The largest absolute Gasteiger partial charge is 0.481 e. The summed E-state index contributed by atoms with van der Waals surface area (Å²) in [5.41, 5.74) is -0.367. The SMILES string of the molecule is CCC1CCCC(c2noc(CC(C)(C)CC(=O)O)n2)C1. The summed E-state index contributed by atoms with van der Waals surface area (Å²) in [5.74, 6) is 1.76. The number of carbonyl (C=O) groups is 1. The summed E-state index contributed by atoms with van der Waals surface area (Å²) >= 11 is 0. The molecule has 1 heterocycles. The zero-order valence-electron chi connectivity index (χ0n) is 13.3. The molecule has 1 aliphatic carbocycles. The third-order valence-corrected chi connectivity index (χ3v) is 4.47. The van der Waals surface area contributed by atoms with Crippen LogP contribution in [0.5, 0.6) is 0 Å². The van der Waals surface area contributed by atoms with Gasteiger partial charge in [0, 0.05) is 12.3 Å². The van der Waals surface area contributed by atoms with E-state index in [0.717, 1.165) is 24.6 Å². The number of aromatic nitrogens is 2. The first kappa shape index (κ1) is 16.0. The molecule has 2 rings (SSSR count). The van der Waals surface area contributed by atoms with Crippen molar-refractivity contribution in [3.8, 4) is 0 Å². The number of carboxylic acids is 1. The number of nitrogens with zero attached hydrogens (tertiary/aromatic N) is 2. The van der Waals surface area contributed by atoms with Crippen molar-refractivity contribution in [2.24, 2.45) is 11.3 Å². The second kappa shape index (κ2) is 6.58. The molecule has 0 bridgehead atoms. The van der Waals surface area contributed by atoms with Crippen molar-refractivity contribution in [2.45, 2.75) is 71.6 Å². The van der Waals surface area contributed by atoms with Gasteiger partial charge in [-0.2, -0.15) is 4.98 Å². The standard InChI is InChI=1S/C16H26N2O3/c1-4-11-6-5-7-12(8-11)15-17-13(21-18-15)9-16(2,3)10-14(19)20/h11-12H,4-10H2,1-3H3,(H,19,20). The van der Waals surface area contributed by atoms with Crippen LogP contribution in [-0.4, -0.2) is 21.2 Å². The van der Waals surface area contributed by atoms with E-state index >= 15 is 0 Å². The Morgan fingerprint density at radius 1 is 1.43 bits per heavy atom. The summed E-state index contributed by atoms with van der Waals surface area (Å²) in [7, 11) is 0. The maximum absolute atomic E-state index is 10.9. The van der Waals surface area contributed by atoms with Crippen molar-refractivity contribution in [2.75, 3.05) is 0 Å². The Balaban J connectivity index is 1.99. The maximum atomic E-state index is 10.9. The average Bonchev–Trinajstić information content (AvgIpc) is 2.85. The number of rotatable bonds is 6. The molecule has 1 N–H and O–H groups in total. The normalized spacial score (nSPS) is 23.2. The third-order valence-electron chi connectivity index (χ3n) is 4.47. The van der Waals surface area contributed by atoms with Gasteiger partial charge >= 0.3 is 5.97 Å². The third kappa shape index (κ3) is 4.55. The minimum absolute atomic E-state index is 0.103. The highest BCUT2D eigenvalue weighted by Crippen LogP contribution is 2.36. The lowest BCUT2D eigenvalue weighted by molar-refractivity contribution is -0.139. The molecule has 0 spiro atoms. The molecule has 1 fully saturated rings. The van der Waals surface area contributed by atoms with Gasteiger partial charge in [-0.1, -0.05) is 45.2 Å². The van der Waals surface area contributed by atoms with E-state index in [-0.39, 0.29) is 11.8 Å². The van der Waals surface area contributed by atoms with Gasteiger partial charge in [0.1, 0.15) is 0 Å². The van der Waals surface area contributed by atoms with Crippen LogP contribution in [0.4, 0.5) is 0 Å². The minimum atomic E-state index is -0.794. The van der Waals surface area contributed by atoms with Gasteiger partial charge in [0.25, 0.3) is 0 Å². The molecule has 118 valence electrons. The van der Waals surface area contributed by atoms with E-state index in [0.29, 0.717) is 18.2 Å². The van der Waals surface area contributed by atoms with Crippen molar-refractivity contribution < 1.29 is 14.4 Å². The molecule has 2 unspecified atom stereocenters. The van der Waals surface area contributed by atoms with Gasteiger partial charge in [0.15, 0.2) is 5.82 Å². The van der Waals surface area contributed by atoms with Crippen molar-refractivity contribution >= 4 is 5.97 Å². The Hall–Kier alpha value is -1.39. The van der Waals surface area contributed by atoms with Crippen LogP contribution in [0.15, 0.2) is 4.52 Å². The Morgan fingerprint density at radius 3 is 2.86 bits per heavy atom. The van der Waals surface area contributed by atoms with Crippen molar-refractivity contribution in [3.63, 3.8) is 0 Å². The molecule has 0 aliphatic heterocycles. The Morgan fingerprint density at radius 2 is 2.19 bits per heavy atom. The first-order chi connectivity index (χ1) is 9.89. The molecule has 5 heteroatoms. The average molecular weight is 294 g/mol. The molecular weight excluding hydrogens is 268 g/mol. The molecule has 21 heavy (non-hydrogen) atoms. The second-order valence-electron chi connectivity index (χ2n) is 7.10. The van der Waals surface area contributed by atoms with E-state index in [4.69, 9.17) is 9.63 Å². The van der Waals surface area contributed by atoms with E-state index in [1.807, 2.05) is 13.8 Å². The summed E-state index contributed by atoms with van der Waals surface area (Å²) in [6, 6.07) is 0. The monoisotopic (exact) mass is 294 g/mol. The van der Waals surface area contributed by atoms with Gasteiger partial charge in [-0.3, -0.25) is 4.79 Å². The van der Waals surface area contributed by atoms with Crippen molar-refractivity contribution in [3.05, 3.63) is 11.7 Å². The highest BCUT2D eigenvalue weighted by molar-refractivity contribution is 5.67. The van der Waals surface area contributed by atoms with Gasteiger partial charge in [0.05, 0.1) is 6.42 Å². The quantitative estimate of drug-likeness (QED) is 0.863. The fourth-order valence-electron chi connectivity index (χ4n) is 3.28. The highest BCUT2D eigenvalue weighted by Gasteiger charge is 2.28. The van der Waals surface area contributed by atoms with Crippen LogP contribution in [0, 0.1) is 11.3 Å². The van der Waals surface area contributed by atoms with E-state index < -0.39 is 5.97 Å². The predicted molar refractivity (Wildman–Crippen MR) is 79.0 cm³/mol. The zero-order chi connectivity index (χ0) is 15.5. The molecular formula is C16H26N2O3. The second-order valence-corrected chi connectivity index (χ2v) is 7.10. The molecule has 1 saturated carbocycles. The molecule has 0 aromatic carbocycles. The lowest BCUT2D eigenvalue weighted by Gasteiger charge is -2.26. The number of aliphatic carboxylic acids is 1.